The Morgan fingerprint density at radius 3 is 2.10 bits per heavy atom. The monoisotopic (exact) mass is 536 g/mol. The van der Waals surface area contributed by atoms with Crippen molar-refractivity contribution in [3.8, 4) is 11.5 Å². The standard InChI is InChI=1S/C34H36N2O4/c1-36(24-26-17-20-31(39-2)32(22-26)40-3)21-8-7-10-25-15-18-30(19-16-25)35-34(38)29-14-9-13-28(23-29)33(37)27-11-5-4-6-12-27/h4-6,9,11-20,22-23H,7-8,10,21,24H2,1-3H3,(H,35,38). The van der Waals surface area contributed by atoms with Crippen molar-refractivity contribution in [3.63, 3.8) is 0 Å². The number of ether oxygens (including phenoxy) is 2. The molecule has 206 valence electrons. The van der Waals surface area contributed by atoms with Crippen LogP contribution in [0.1, 0.15) is 50.2 Å². The van der Waals surface area contributed by atoms with Gasteiger partial charge in [0.1, 0.15) is 0 Å². The molecular weight excluding hydrogens is 500 g/mol. The van der Waals surface area contributed by atoms with E-state index in [1.165, 1.54) is 11.1 Å². The van der Waals surface area contributed by atoms with E-state index in [2.05, 4.69) is 35.5 Å². The third kappa shape index (κ3) is 7.80. The van der Waals surface area contributed by atoms with Gasteiger partial charge in [0.2, 0.25) is 0 Å². The number of benzene rings is 4. The molecule has 0 saturated carbocycles. The number of hydrogen-bond acceptors (Lipinski definition) is 5. The van der Waals surface area contributed by atoms with Crippen molar-refractivity contribution in [1.82, 2.24) is 4.90 Å². The molecule has 0 aliphatic rings. The van der Waals surface area contributed by atoms with Crippen LogP contribution in [0.4, 0.5) is 5.69 Å². The van der Waals surface area contributed by atoms with Gasteiger partial charge in [-0.2, -0.15) is 0 Å². The maximum absolute atomic E-state index is 12.8. The predicted octanol–water partition coefficient (Wildman–Crippen LogP) is 6.64. The quantitative estimate of drug-likeness (QED) is 0.153. The minimum atomic E-state index is -0.243. The lowest BCUT2D eigenvalue weighted by atomic mass is 10.0. The topological polar surface area (TPSA) is 67.9 Å². The Bertz CT molecular complexity index is 1420. The number of rotatable bonds is 13. The van der Waals surface area contributed by atoms with Gasteiger partial charge < -0.3 is 19.7 Å². The van der Waals surface area contributed by atoms with Crippen LogP contribution in [0.2, 0.25) is 0 Å². The second kappa shape index (κ2) is 14.1. The molecule has 0 fully saturated rings. The maximum atomic E-state index is 12.8. The van der Waals surface area contributed by atoms with E-state index < -0.39 is 0 Å². The second-order valence-electron chi connectivity index (χ2n) is 9.81. The lowest BCUT2D eigenvalue weighted by Crippen LogP contribution is -2.19. The highest BCUT2D eigenvalue weighted by Crippen LogP contribution is 2.28. The molecule has 0 aliphatic carbocycles. The van der Waals surface area contributed by atoms with Crippen molar-refractivity contribution < 1.29 is 19.1 Å². The largest absolute Gasteiger partial charge is 0.493 e. The lowest BCUT2D eigenvalue weighted by molar-refractivity contribution is 0.102. The zero-order valence-electron chi connectivity index (χ0n) is 23.4. The zero-order valence-corrected chi connectivity index (χ0v) is 23.4. The van der Waals surface area contributed by atoms with Crippen molar-refractivity contribution in [2.75, 3.05) is 33.1 Å². The summed E-state index contributed by atoms with van der Waals surface area (Å²) in [7, 11) is 5.42. The van der Waals surface area contributed by atoms with Gasteiger partial charge in [-0.05, 0) is 80.4 Å². The second-order valence-corrected chi connectivity index (χ2v) is 9.81. The third-order valence-electron chi connectivity index (χ3n) is 6.79. The number of nitrogens with one attached hydrogen (secondary N) is 1. The van der Waals surface area contributed by atoms with Gasteiger partial charge in [-0.15, -0.1) is 0 Å². The Kier molecular flexibility index (Phi) is 10.1. The number of carbonyl (C=O) groups excluding carboxylic acids is 2. The SMILES string of the molecule is COc1ccc(CN(C)CCCCc2ccc(NC(=O)c3cccc(C(=O)c4ccccc4)c3)cc2)cc1OC. The van der Waals surface area contributed by atoms with Crippen molar-refractivity contribution >= 4 is 17.4 Å². The van der Waals surface area contributed by atoms with Gasteiger partial charge in [0.25, 0.3) is 5.91 Å². The first-order valence-corrected chi connectivity index (χ1v) is 13.5. The van der Waals surface area contributed by atoms with Gasteiger partial charge in [-0.1, -0.05) is 60.7 Å². The number of hydrogen-bond donors (Lipinski definition) is 1. The molecule has 4 aromatic rings. The number of nitrogens with zero attached hydrogens (tertiary/aromatic N) is 1. The first kappa shape index (κ1) is 28.6. The summed E-state index contributed by atoms with van der Waals surface area (Å²) < 4.78 is 10.7. The highest BCUT2D eigenvalue weighted by molar-refractivity contribution is 6.11. The van der Waals surface area contributed by atoms with Crippen LogP contribution in [0.25, 0.3) is 0 Å². The van der Waals surface area contributed by atoms with Crippen LogP contribution in [0.5, 0.6) is 11.5 Å². The summed E-state index contributed by atoms with van der Waals surface area (Å²) in [6.07, 6.45) is 3.13. The minimum Gasteiger partial charge on any atom is -0.493 e. The number of anilines is 1. The summed E-state index contributed by atoms with van der Waals surface area (Å²) in [6.45, 7) is 1.84. The van der Waals surface area contributed by atoms with Crippen molar-refractivity contribution in [2.24, 2.45) is 0 Å². The number of methoxy groups -OCH3 is 2. The van der Waals surface area contributed by atoms with Gasteiger partial charge in [0.15, 0.2) is 17.3 Å². The molecule has 0 atom stereocenters. The highest BCUT2D eigenvalue weighted by Gasteiger charge is 2.13. The van der Waals surface area contributed by atoms with Crippen LogP contribution in [0, 0.1) is 0 Å². The van der Waals surface area contributed by atoms with E-state index in [0.717, 1.165) is 49.5 Å². The average molecular weight is 537 g/mol. The molecule has 0 heterocycles. The van der Waals surface area contributed by atoms with Crippen LogP contribution in [-0.4, -0.2) is 44.4 Å². The van der Waals surface area contributed by atoms with E-state index in [-0.39, 0.29) is 11.7 Å². The summed E-state index contributed by atoms with van der Waals surface area (Å²) in [6, 6.07) is 29.9. The normalized spacial score (nSPS) is 10.8. The van der Waals surface area contributed by atoms with Crippen LogP contribution >= 0.6 is 0 Å². The Morgan fingerprint density at radius 2 is 1.38 bits per heavy atom. The van der Waals surface area contributed by atoms with Crippen molar-refractivity contribution in [3.05, 3.63) is 125 Å². The van der Waals surface area contributed by atoms with Gasteiger partial charge in [0, 0.05) is 28.9 Å². The summed E-state index contributed by atoms with van der Waals surface area (Å²) in [4.78, 5) is 27.9. The Balaban J connectivity index is 1.23. The van der Waals surface area contributed by atoms with E-state index >= 15 is 0 Å². The number of ketones is 1. The molecule has 0 bridgehead atoms. The molecule has 4 rings (SSSR count). The minimum absolute atomic E-state index is 0.105. The molecule has 1 N–H and O–H groups in total. The van der Waals surface area contributed by atoms with Crippen LogP contribution in [-0.2, 0) is 13.0 Å². The van der Waals surface area contributed by atoms with Crippen LogP contribution in [0.3, 0.4) is 0 Å². The molecule has 0 saturated heterocycles. The molecular formula is C34H36N2O4. The third-order valence-corrected chi connectivity index (χ3v) is 6.79. The Labute approximate surface area is 236 Å². The number of aryl methyl sites for hydroxylation is 1. The van der Waals surface area contributed by atoms with Crippen molar-refractivity contribution in [1.29, 1.82) is 0 Å². The first-order valence-electron chi connectivity index (χ1n) is 13.5. The zero-order chi connectivity index (χ0) is 28.3. The van der Waals surface area contributed by atoms with Gasteiger partial charge in [-0.25, -0.2) is 0 Å². The number of unbranched alkanes of at least 4 members (excludes halogenated alkanes) is 1. The molecule has 1 amide bonds. The molecule has 0 unspecified atom stereocenters. The summed E-state index contributed by atoms with van der Waals surface area (Å²) >= 11 is 0. The Hall–Kier alpha value is -4.42. The first-order chi connectivity index (χ1) is 19.5. The van der Waals surface area contributed by atoms with Crippen LogP contribution in [0.15, 0.2) is 97.1 Å². The summed E-state index contributed by atoms with van der Waals surface area (Å²) in [5.74, 6) is 1.14. The molecule has 6 heteroatoms. The van der Waals surface area contributed by atoms with E-state index in [0.29, 0.717) is 16.7 Å². The molecule has 6 nitrogen and oxygen atoms in total. The highest BCUT2D eigenvalue weighted by atomic mass is 16.5. The predicted molar refractivity (Wildman–Crippen MR) is 160 cm³/mol. The summed E-state index contributed by atoms with van der Waals surface area (Å²) in [5, 5.41) is 2.94. The fourth-order valence-electron chi connectivity index (χ4n) is 4.60. The fraction of sp³-hybridized carbons (Fsp3) is 0.235. The van der Waals surface area contributed by atoms with E-state index in [1.807, 2.05) is 42.5 Å². The van der Waals surface area contributed by atoms with Gasteiger partial charge in [-0.3, -0.25) is 9.59 Å². The van der Waals surface area contributed by atoms with Gasteiger partial charge in [0.05, 0.1) is 14.2 Å². The number of carbonyl (C=O) groups is 2. The van der Waals surface area contributed by atoms with E-state index in [4.69, 9.17) is 9.47 Å². The Morgan fingerprint density at radius 1 is 0.700 bits per heavy atom. The smallest absolute Gasteiger partial charge is 0.255 e. The molecule has 0 aromatic heterocycles. The number of amides is 1. The molecule has 0 spiro atoms. The molecule has 0 aliphatic heterocycles. The van der Waals surface area contributed by atoms with Crippen molar-refractivity contribution in [2.45, 2.75) is 25.8 Å². The molecule has 40 heavy (non-hydrogen) atoms. The van der Waals surface area contributed by atoms with Crippen LogP contribution < -0.4 is 14.8 Å². The van der Waals surface area contributed by atoms with E-state index in [1.54, 1.807) is 50.6 Å². The lowest BCUT2D eigenvalue weighted by Gasteiger charge is -2.18. The molecule has 4 aromatic carbocycles. The summed E-state index contributed by atoms with van der Waals surface area (Å²) in [5.41, 5.74) is 4.68. The average Bonchev–Trinajstić information content (AvgIpc) is 3.00. The maximum Gasteiger partial charge on any atom is 0.255 e. The molecule has 0 radical (unpaired) electrons. The van der Waals surface area contributed by atoms with E-state index in [9.17, 15) is 9.59 Å². The fourth-order valence-corrected chi connectivity index (χ4v) is 4.60. The van der Waals surface area contributed by atoms with Gasteiger partial charge >= 0.3 is 0 Å².